The first-order valence-electron chi connectivity index (χ1n) is 3.59. The average Bonchev–Trinajstić information content (AvgIpc) is 2.10. The average molecular weight is 203 g/mol. The van der Waals surface area contributed by atoms with Gasteiger partial charge in [0.25, 0.3) is 0 Å². The highest BCUT2D eigenvalue weighted by Gasteiger charge is 2.07. The van der Waals surface area contributed by atoms with Gasteiger partial charge in [0.05, 0.1) is 0 Å². The van der Waals surface area contributed by atoms with Crippen LogP contribution in [0.5, 0.6) is 0 Å². The summed E-state index contributed by atoms with van der Waals surface area (Å²) in [5.41, 5.74) is 8.94. The summed E-state index contributed by atoms with van der Waals surface area (Å²) in [6.07, 6.45) is 2.89. The van der Waals surface area contributed by atoms with Gasteiger partial charge in [-0.25, -0.2) is 0 Å². The summed E-state index contributed by atoms with van der Waals surface area (Å²) in [6, 6.07) is 0. The number of hydrogen-bond donors (Lipinski definition) is 3. The fourth-order valence-corrected chi connectivity index (χ4v) is 0.264. The van der Waals surface area contributed by atoms with Crippen molar-refractivity contribution < 1.29 is 14.8 Å². The van der Waals surface area contributed by atoms with E-state index in [0.29, 0.717) is 0 Å². The third kappa shape index (κ3) is 22.5. The smallest absolute Gasteiger partial charge is 0.370 e. The summed E-state index contributed by atoms with van der Waals surface area (Å²) in [5.74, 6) is -0.333. The Kier molecular flexibility index (Phi) is 11.3. The van der Waals surface area contributed by atoms with Crippen molar-refractivity contribution in [1.82, 2.24) is 0 Å². The number of nitrogens with two attached hydrogens (primary N) is 2. The molecule has 5 N–H and O–H groups in total. The van der Waals surface area contributed by atoms with Crippen LogP contribution in [0.2, 0.25) is 0 Å². The molecule has 0 bridgehead atoms. The van der Waals surface area contributed by atoms with E-state index in [4.69, 9.17) is 5.41 Å². The highest BCUT2D eigenvalue weighted by atomic mass is 17.0. The van der Waals surface area contributed by atoms with Crippen molar-refractivity contribution in [3.8, 4) is 0 Å². The lowest BCUT2D eigenvalue weighted by molar-refractivity contribution is -0.978. The highest BCUT2D eigenvalue weighted by molar-refractivity contribution is 5.71. The molecule has 7 nitrogen and oxygen atoms in total. The second-order valence-corrected chi connectivity index (χ2v) is 1.85. The lowest BCUT2D eigenvalue weighted by Gasteiger charge is -1.86. The minimum absolute atomic E-state index is 0.0311. The van der Waals surface area contributed by atoms with E-state index in [2.05, 4.69) is 34.3 Å². The van der Waals surface area contributed by atoms with Crippen LogP contribution < -0.4 is 11.5 Å². The Morgan fingerprint density at radius 1 is 1.29 bits per heavy atom. The van der Waals surface area contributed by atoms with Crippen molar-refractivity contribution in [2.75, 3.05) is 13.2 Å². The molecule has 0 rings (SSSR count). The van der Waals surface area contributed by atoms with Crippen LogP contribution in [-0.2, 0) is 9.68 Å². The number of rotatable bonds is 6. The Hall–Kier alpha value is -2.05. The van der Waals surface area contributed by atoms with Gasteiger partial charge in [-0.1, -0.05) is 13.2 Å². The molecule has 0 saturated carbocycles. The highest BCUT2D eigenvalue weighted by Crippen LogP contribution is 1.81. The molecule has 0 saturated heterocycles. The van der Waals surface area contributed by atoms with Crippen LogP contribution in [-0.4, -0.2) is 24.3 Å². The molecule has 0 atom stereocenters. The van der Waals surface area contributed by atoms with Crippen LogP contribution in [0.3, 0.4) is 0 Å². The topological polar surface area (TPSA) is 114 Å². The van der Waals surface area contributed by atoms with Crippen molar-refractivity contribution in [1.29, 1.82) is 5.41 Å². The maximum absolute atomic E-state index is 10.3. The van der Waals surface area contributed by atoms with Gasteiger partial charge >= 0.3 is 5.09 Å². The molecule has 0 spiro atoms. The predicted molar refractivity (Wildman–Crippen MR) is 52.0 cm³/mol. The van der Waals surface area contributed by atoms with E-state index in [-0.39, 0.29) is 24.3 Å². The zero-order chi connectivity index (χ0) is 11.4. The molecule has 80 valence electrons. The Labute approximate surface area is 82.0 Å². The van der Waals surface area contributed by atoms with Crippen LogP contribution >= 0.6 is 0 Å². The van der Waals surface area contributed by atoms with Crippen LogP contribution in [0, 0.1) is 10.3 Å². The van der Waals surface area contributed by atoms with Crippen molar-refractivity contribution in [3.63, 3.8) is 0 Å². The fraction of sp³-hybridized carbons (Fsp3) is 0.286. The van der Waals surface area contributed by atoms with E-state index >= 15 is 0 Å². The van der Waals surface area contributed by atoms with Gasteiger partial charge in [0.15, 0.2) is 19.2 Å². The van der Waals surface area contributed by atoms with Crippen molar-refractivity contribution in [2.24, 2.45) is 11.5 Å². The number of hydrogen-bond acceptors (Lipinski definition) is 4. The van der Waals surface area contributed by atoms with E-state index in [9.17, 15) is 4.91 Å². The molecule has 0 unspecified atom stereocenters. The van der Waals surface area contributed by atoms with E-state index in [1.807, 2.05) is 0 Å². The summed E-state index contributed by atoms with van der Waals surface area (Å²) in [7, 11) is 0. The van der Waals surface area contributed by atoms with Gasteiger partial charge in [-0.3, -0.25) is 5.41 Å². The normalized spacial score (nSPS) is 7.43. The van der Waals surface area contributed by atoms with Crippen LogP contribution in [0.15, 0.2) is 25.3 Å². The predicted octanol–water partition coefficient (Wildman–Crippen LogP) is -0.161. The zero-order valence-corrected chi connectivity index (χ0v) is 7.81. The summed E-state index contributed by atoms with van der Waals surface area (Å²) >= 11 is 0. The maximum atomic E-state index is 10.3. The third-order valence-electron chi connectivity index (χ3n) is 0.596. The molecule has 14 heavy (non-hydrogen) atoms. The first-order valence-corrected chi connectivity index (χ1v) is 3.59. The lowest BCUT2D eigenvalue weighted by atomic mass is 10.7. The summed E-state index contributed by atoms with van der Waals surface area (Å²) in [4.78, 5) is 19.1. The van der Waals surface area contributed by atoms with Gasteiger partial charge in [-0.05, 0) is 12.2 Å². The molecular weight excluding hydrogens is 188 g/mol. The largest absolute Gasteiger partial charge is 0.478 e. The molecule has 0 aliphatic carbocycles. The third-order valence-corrected chi connectivity index (χ3v) is 0.596. The minimum Gasteiger partial charge on any atom is -0.370 e. The standard InChI is InChI=1S/C6H10NO3.CH5N3/c1-3-5-9-7(8)10-6-4-2;2-1(3)4/h3-4H,1-2,5-6H2;(H5,2,3,4)/q+1;. The molecule has 0 aliphatic heterocycles. The molecule has 0 heterocycles. The lowest BCUT2D eigenvalue weighted by Crippen LogP contribution is -2.20. The number of nitrogens with one attached hydrogen (secondary N) is 1. The Morgan fingerprint density at radius 2 is 1.57 bits per heavy atom. The Bertz CT molecular complexity index is 187. The van der Waals surface area contributed by atoms with Gasteiger partial charge in [-0.2, -0.15) is 9.68 Å². The van der Waals surface area contributed by atoms with Gasteiger partial charge in [0.2, 0.25) is 0 Å². The quantitative estimate of drug-likeness (QED) is 0.240. The van der Waals surface area contributed by atoms with Crippen molar-refractivity contribution in [3.05, 3.63) is 30.2 Å². The van der Waals surface area contributed by atoms with Gasteiger partial charge in [0.1, 0.15) is 4.91 Å². The van der Waals surface area contributed by atoms with Gasteiger partial charge in [0, 0.05) is 0 Å². The fourth-order valence-electron chi connectivity index (χ4n) is 0.264. The number of nitrogens with zero attached hydrogens (tertiary/aromatic N) is 1. The molecule has 0 aliphatic rings. The first kappa shape index (κ1) is 14.5. The van der Waals surface area contributed by atoms with Crippen molar-refractivity contribution >= 4 is 5.96 Å². The van der Waals surface area contributed by atoms with Crippen LogP contribution in [0.25, 0.3) is 0 Å². The zero-order valence-electron chi connectivity index (χ0n) is 7.81. The molecule has 7 heteroatoms. The SMILES string of the molecule is C=CCO[N+](=O)OCC=C.N=C(N)N. The van der Waals surface area contributed by atoms with Crippen LogP contribution in [0.1, 0.15) is 0 Å². The van der Waals surface area contributed by atoms with Gasteiger partial charge < -0.3 is 11.5 Å². The Morgan fingerprint density at radius 3 is 1.79 bits per heavy atom. The van der Waals surface area contributed by atoms with Crippen LogP contribution in [0.4, 0.5) is 0 Å². The number of guanidine groups is 1. The summed E-state index contributed by atoms with van der Waals surface area (Å²) < 4.78 is 0. The Balaban J connectivity index is 0. The monoisotopic (exact) mass is 203 g/mol. The minimum atomic E-state index is -0.333. The second-order valence-electron chi connectivity index (χ2n) is 1.85. The van der Waals surface area contributed by atoms with E-state index < -0.39 is 0 Å². The summed E-state index contributed by atoms with van der Waals surface area (Å²) in [6.45, 7) is 6.97. The first-order chi connectivity index (χ1) is 6.54. The molecule has 0 aromatic carbocycles. The van der Waals surface area contributed by atoms with E-state index in [1.165, 1.54) is 12.2 Å². The summed E-state index contributed by atoms with van der Waals surface area (Å²) in [5, 5.41) is 6.09. The molecule has 0 radical (unpaired) electrons. The molecule has 0 aromatic heterocycles. The molecule has 0 aromatic rings. The van der Waals surface area contributed by atoms with E-state index in [0.717, 1.165) is 0 Å². The van der Waals surface area contributed by atoms with Crippen molar-refractivity contribution in [2.45, 2.75) is 0 Å². The molecule has 0 amide bonds. The van der Waals surface area contributed by atoms with Gasteiger partial charge in [-0.15, -0.1) is 0 Å². The van der Waals surface area contributed by atoms with E-state index in [1.54, 1.807) is 0 Å². The molecular formula is C7H15N4O3+. The maximum Gasteiger partial charge on any atom is 0.478 e. The molecule has 0 fully saturated rings. The second kappa shape index (κ2) is 11.0.